The van der Waals surface area contributed by atoms with Crippen molar-refractivity contribution in [1.29, 1.82) is 0 Å². The number of halogens is 1. The maximum absolute atomic E-state index is 11.8. The van der Waals surface area contributed by atoms with Gasteiger partial charge in [-0.05, 0) is 25.0 Å². The molecule has 16 heavy (non-hydrogen) atoms. The van der Waals surface area contributed by atoms with E-state index in [-0.39, 0.29) is 5.25 Å². The number of nitrogens with zero attached hydrogens (tertiary/aromatic N) is 2. The summed E-state index contributed by atoms with van der Waals surface area (Å²) in [6.07, 6.45) is 2.94. The second-order valence-electron chi connectivity index (χ2n) is 4.04. The van der Waals surface area contributed by atoms with E-state index in [0.29, 0.717) is 23.0 Å². The maximum atomic E-state index is 11.8. The van der Waals surface area contributed by atoms with E-state index in [0.717, 1.165) is 19.3 Å². The van der Waals surface area contributed by atoms with E-state index in [1.165, 1.54) is 0 Å². The molecule has 88 valence electrons. The molecule has 0 aliphatic carbocycles. The monoisotopic (exact) mass is 260 g/mol. The minimum absolute atomic E-state index is 0.295. The van der Waals surface area contributed by atoms with Crippen LogP contribution in [0.1, 0.15) is 25.0 Å². The summed E-state index contributed by atoms with van der Waals surface area (Å²) < 4.78 is 23.6. The van der Waals surface area contributed by atoms with Gasteiger partial charge < -0.3 is 0 Å². The summed E-state index contributed by atoms with van der Waals surface area (Å²) in [4.78, 5) is 0. The average molecular weight is 261 g/mol. The number of hydrogen-bond acceptors (Lipinski definition) is 4. The van der Waals surface area contributed by atoms with Crippen molar-refractivity contribution in [2.45, 2.75) is 30.9 Å². The molecule has 0 bridgehead atoms. The minimum Gasteiger partial charge on any atom is -0.229 e. The lowest BCUT2D eigenvalue weighted by Crippen LogP contribution is -2.30. The molecule has 1 atom stereocenters. The van der Waals surface area contributed by atoms with E-state index >= 15 is 0 Å². The molecule has 0 aromatic carbocycles. The topological polar surface area (TPSA) is 59.9 Å². The van der Waals surface area contributed by atoms with E-state index < -0.39 is 9.84 Å². The fraction of sp³-hybridized carbons (Fsp3) is 0.600. The first-order valence-electron chi connectivity index (χ1n) is 5.27. The molecule has 1 saturated heterocycles. The van der Waals surface area contributed by atoms with Gasteiger partial charge in [-0.2, -0.15) is 5.10 Å². The molecule has 1 aromatic rings. The summed E-state index contributed by atoms with van der Waals surface area (Å²) in [7, 11) is -2.93. The molecule has 1 aromatic heterocycles. The Hall–Kier alpha value is -0.680. The molecule has 2 heterocycles. The van der Waals surface area contributed by atoms with Crippen molar-refractivity contribution in [3.05, 3.63) is 23.0 Å². The fourth-order valence-electron chi connectivity index (χ4n) is 1.94. The van der Waals surface area contributed by atoms with Crippen molar-refractivity contribution >= 4 is 21.4 Å². The Labute approximate surface area is 100.0 Å². The molecule has 4 nitrogen and oxygen atoms in total. The van der Waals surface area contributed by atoms with Gasteiger partial charge in [0.05, 0.1) is 16.7 Å². The number of aromatic nitrogens is 2. The average Bonchev–Trinajstić information content (AvgIpc) is 2.24. The standard InChI is InChI=1S/C10H13ClN2O2S/c11-10-5-4-8(12-13-10)7-9-3-1-2-6-16(9,14)15/h4-5,9H,1-3,6-7H2. The van der Waals surface area contributed by atoms with Gasteiger partial charge in [-0.3, -0.25) is 0 Å². The molecule has 0 N–H and O–H groups in total. The van der Waals surface area contributed by atoms with Crippen molar-refractivity contribution in [2.24, 2.45) is 0 Å². The Balaban J connectivity index is 2.11. The third-order valence-electron chi connectivity index (χ3n) is 2.84. The summed E-state index contributed by atoms with van der Waals surface area (Å²) in [6, 6.07) is 3.37. The molecular formula is C10H13ClN2O2S. The van der Waals surface area contributed by atoms with Crippen molar-refractivity contribution < 1.29 is 8.42 Å². The van der Waals surface area contributed by atoms with Crippen LogP contribution in [0.5, 0.6) is 0 Å². The van der Waals surface area contributed by atoms with Crippen molar-refractivity contribution in [1.82, 2.24) is 10.2 Å². The predicted molar refractivity (Wildman–Crippen MR) is 62.2 cm³/mol. The van der Waals surface area contributed by atoms with Gasteiger partial charge in [0.25, 0.3) is 0 Å². The molecule has 0 amide bonds. The highest BCUT2D eigenvalue weighted by Crippen LogP contribution is 2.22. The SMILES string of the molecule is O=S1(=O)CCCCC1Cc1ccc(Cl)nn1. The molecule has 1 unspecified atom stereocenters. The van der Waals surface area contributed by atoms with Crippen molar-refractivity contribution in [2.75, 3.05) is 5.75 Å². The van der Waals surface area contributed by atoms with Gasteiger partial charge in [0.2, 0.25) is 0 Å². The first kappa shape index (κ1) is 11.8. The van der Waals surface area contributed by atoms with Crippen LogP contribution < -0.4 is 0 Å². The van der Waals surface area contributed by atoms with Crippen LogP contribution in [0.4, 0.5) is 0 Å². The normalized spacial score (nSPS) is 24.2. The van der Waals surface area contributed by atoms with E-state index in [1.54, 1.807) is 12.1 Å². The lowest BCUT2D eigenvalue weighted by atomic mass is 10.1. The Morgan fingerprint density at radius 3 is 2.75 bits per heavy atom. The Kier molecular flexibility index (Phi) is 3.44. The van der Waals surface area contributed by atoms with Crippen molar-refractivity contribution in [3.63, 3.8) is 0 Å². The zero-order chi connectivity index (χ0) is 11.6. The summed E-state index contributed by atoms with van der Waals surface area (Å²) in [6.45, 7) is 0. The lowest BCUT2D eigenvalue weighted by Gasteiger charge is -2.21. The number of sulfone groups is 1. The second kappa shape index (κ2) is 4.67. The highest BCUT2D eigenvalue weighted by Gasteiger charge is 2.29. The van der Waals surface area contributed by atoms with Crippen molar-refractivity contribution in [3.8, 4) is 0 Å². The first-order valence-corrected chi connectivity index (χ1v) is 7.37. The van der Waals surface area contributed by atoms with Crippen LogP contribution in [-0.4, -0.2) is 29.6 Å². The van der Waals surface area contributed by atoms with E-state index in [4.69, 9.17) is 11.6 Å². The van der Waals surface area contributed by atoms with E-state index in [2.05, 4.69) is 10.2 Å². The fourth-order valence-corrected chi connectivity index (χ4v) is 3.93. The molecule has 0 radical (unpaired) electrons. The van der Waals surface area contributed by atoms with Crippen LogP contribution in [0.3, 0.4) is 0 Å². The Morgan fingerprint density at radius 2 is 2.12 bits per heavy atom. The summed E-state index contributed by atoms with van der Waals surface area (Å²) >= 11 is 5.62. The van der Waals surface area contributed by atoms with Crippen LogP contribution in [-0.2, 0) is 16.3 Å². The summed E-state index contributed by atoms with van der Waals surface area (Å²) in [5, 5.41) is 7.64. The highest BCUT2D eigenvalue weighted by molar-refractivity contribution is 7.92. The molecule has 0 spiro atoms. The minimum atomic E-state index is -2.93. The smallest absolute Gasteiger partial charge is 0.153 e. The highest BCUT2D eigenvalue weighted by atomic mass is 35.5. The van der Waals surface area contributed by atoms with E-state index in [9.17, 15) is 8.42 Å². The molecule has 1 aliphatic heterocycles. The molecule has 1 fully saturated rings. The first-order chi connectivity index (χ1) is 7.58. The van der Waals surface area contributed by atoms with Crippen LogP contribution in [0.25, 0.3) is 0 Å². The van der Waals surface area contributed by atoms with E-state index in [1.807, 2.05) is 0 Å². The van der Waals surface area contributed by atoms with Gasteiger partial charge in [-0.1, -0.05) is 18.0 Å². The van der Waals surface area contributed by atoms with Gasteiger partial charge in [0.15, 0.2) is 15.0 Å². The molecule has 6 heteroatoms. The van der Waals surface area contributed by atoms with Gasteiger partial charge >= 0.3 is 0 Å². The largest absolute Gasteiger partial charge is 0.229 e. The molecular weight excluding hydrogens is 248 g/mol. The zero-order valence-electron chi connectivity index (χ0n) is 8.76. The lowest BCUT2D eigenvalue weighted by molar-refractivity contribution is 0.535. The Bertz CT molecular complexity index is 458. The third kappa shape index (κ3) is 2.71. The molecule has 1 aliphatic rings. The van der Waals surface area contributed by atoms with Crippen LogP contribution in [0.2, 0.25) is 5.15 Å². The van der Waals surface area contributed by atoms with Gasteiger partial charge in [0.1, 0.15) is 0 Å². The Morgan fingerprint density at radius 1 is 1.31 bits per heavy atom. The second-order valence-corrected chi connectivity index (χ2v) is 6.82. The predicted octanol–water partition coefficient (Wildman–Crippen LogP) is 1.64. The summed E-state index contributed by atoms with van der Waals surface area (Å²) in [5.41, 5.74) is 0.694. The van der Waals surface area contributed by atoms with Crippen LogP contribution in [0, 0.1) is 0 Å². The maximum Gasteiger partial charge on any atom is 0.153 e. The van der Waals surface area contributed by atoms with Gasteiger partial charge in [-0.15, -0.1) is 5.10 Å². The summed E-state index contributed by atoms with van der Waals surface area (Å²) in [5.74, 6) is 0.304. The molecule has 0 saturated carbocycles. The quantitative estimate of drug-likeness (QED) is 0.811. The number of hydrogen-bond donors (Lipinski definition) is 0. The molecule has 2 rings (SSSR count). The number of rotatable bonds is 2. The third-order valence-corrected chi connectivity index (χ3v) is 5.31. The zero-order valence-corrected chi connectivity index (χ0v) is 10.3. The van der Waals surface area contributed by atoms with Crippen LogP contribution in [0.15, 0.2) is 12.1 Å². The van der Waals surface area contributed by atoms with Gasteiger partial charge in [-0.25, -0.2) is 8.42 Å². The van der Waals surface area contributed by atoms with Crippen LogP contribution >= 0.6 is 11.6 Å². The van der Waals surface area contributed by atoms with Gasteiger partial charge in [0, 0.05) is 6.42 Å².